The summed E-state index contributed by atoms with van der Waals surface area (Å²) in [5.41, 5.74) is 0.912. The predicted octanol–water partition coefficient (Wildman–Crippen LogP) is 2.51. The van der Waals surface area contributed by atoms with Crippen molar-refractivity contribution in [1.29, 1.82) is 0 Å². The summed E-state index contributed by atoms with van der Waals surface area (Å²) >= 11 is 3.04. The molecule has 0 bridgehead atoms. The molecule has 2 aromatic heterocycles. The van der Waals surface area contributed by atoms with Crippen molar-refractivity contribution in [3.05, 3.63) is 26.6 Å². The van der Waals surface area contributed by atoms with Crippen LogP contribution in [0.5, 0.6) is 0 Å². The molecule has 0 saturated carbocycles. The van der Waals surface area contributed by atoms with Gasteiger partial charge in [-0.2, -0.15) is 0 Å². The van der Waals surface area contributed by atoms with Crippen LogP contribution in [0.4, 0.5) is 0 Å². The third-order valence-electron chi connectivity index (χ3n) is 4.57. The number of hydrogen-bond acceptors (Lipinski definition) is 6. The number of carbonyl (C=O) groups excluding carboxylic acids is 1. The summed E-state index contributed by atoms with van der Waals surface area (Å²) in [5, 5.41) is 6.89. The summed E-state index contributed by atoms with van der Waals surface area (Å²) in [4.78, 5) is 33.9. The third-order valence-corrected chi connectivity index (χ3v) is 6.83. The fourth-order valence-corrected chi connectivity index (χ4v) is 4.75. The van der Waals surface area contributed by atoms with E-state index in [1.54, 1.807) is 11.3 Å². The van der Waals surface area contributed by atoms with Gasteiger partial charge in [0.2, 0.25) is 5.91 Å². The first-order valence-corrected chi connectivity index (χ1v) is 10.4. The number of piperidine rings is 1. The number of thiophene rings is 1. The van der Waals surface area contributed by atoms with E-state index in [2.05, 4.69) is 20.6 Å². The molecule has 1 amide bonds. The molecule has 3 heterocycles. The molecule has 1 saturated heterocycles. The van der Waals surface area contributed by atoms with Crippen LogP contribution in [0.3, 0.4) is 0 Å². The quantitative estimate of drug-likeness (QED) is 0.697. The first-order valence-electron chi connectivity index (χ1n) is 8.57. The second-order valence-electron chi connectivity index (χ2n) is 6.48. The highest BCUT2D eigenvalue weighted by Crippen LogP contribution is 2.26. The fourth-order valence-electron chi connectivity index (χ4n) is 2.94. The van der Waals surface area contributed by atoms with Crippen LogP contribution in [0.1, 0.15) is 36.0 Å². The molecule has 1 unspecified atom stereocenters. The van der Waals surface area contributed by atoms with Gasteiger partial charge in [-0.15, -0.1) is 35.5 Å². The highest BCUT2D eigenvalue weighted by molar-refractivity contribution is 7.99. The molecule has 0 radical (unpaired) electrons. The van der Waals surface area contributed by atoms with Gasteiger partial charge >= 0.3 is 0 Å². The van der Waals surface area contributed by atoms with Gasteiger partial charge < -0.3 is 15.6 Å². The molecule has 0 aliphatic carbocycles. The van der Waals surface area contributed by atoms with E-state index in [1.807, 2.05) is 20.8 Å². The summed E-state index contributed by atoms with van der Waals surface area (Å²) < 4.78 is 0. The Kier molecular flexibility index (Phi) is 7.52. The summed E-state index contributed by atoms with van der Waals surface area (Å²) in [6, 6.07) is 0.218. The number of H-pyrrole nitrogens is 1. The highest BCUT2D eigenvalue weighted by Gasteiger charge is 2.20. The summed E-state index contributed by atoms with van der Waals surface area (Å²) in [6.45, 7) is 7.71. The molecule has 6 nitrogen and oxygen atoms in total. The zero-order chi connectivity index (χ0) is 18.0. The van der Waals surface area contributed by atoms with Crippen molar-refractivity contribution in [1.82, 2.24) is 20.6 Å². The summed E-state index contributed by atoms with van der Waals surface area (Å²) in [5.74, 6) is 1.19. The van der Waals surface area contributed by atoms with E-state index in [0.29, 0.717) is 17.0 Å². The Bertz CT molecular complexity index is 830. The number of halogens is 1. The molecule has 3 rings (SSSR count). The second-order valence-corrected chi connectivity index (χ2v) is 9.01. The molecular formula is C17H25ClN4O2S2. The lowest BCUT2D eigenvalue weighted by molar-refractivity contribution is -0.121. The number of nitrogens with one attached hydrogen (secondary N) is 3. The first kappa shape index (κ1) is 21.2. The molecule has 0 aromatic carbocycles. The minimum absolute atomic E-state index is 0. The lowest BCUT2D eigenvalue weighted by Gasteiger charge is -2.25. The van der Waals surface area contributed by atoms with Crippen molar-refractivity contribution < 1.29 is 4.79 Å². The molecule has 2 atom stereocenters. The van der Waals surface area contributed by atoms with Crippen LogP contribution in [-0.4, -0.2) is 40.3 Å². The minimum Gasteiger partial charge on any atom is -0.351 e. The number of aryl methyl sites for hydroxylation is 2. The van der Waals surface area contributed by atoms with Gasteiger partial charge in [-0.05, 0) is 45.7 Å². The van der Waals surface area contributed by atoms with E-state index in [9.17, 15) is 9.59 Å². The number of rotatable bonds is 5. The van der Waals surface area contributed by atoms with E-state index < -0.39 is 0 Å². The maximum absolute atomic E-state index is 12.3. The number of fused-ring (bicyclic) bond motifs is 1. The van der Waals surface area contributed by atoms with Crippen LogP contribution in [0, 0.1) is 13.8 Å². The van der Waals surface area contributed by atoms with Gasteiger partial charge in [0.1, 0.15) is 10.7 Å². The van der Waals surface area contributed by atoms with Gasteiger partial charge in [-0.1, -0.05) is 0 Å². The van der Waals surface area contributed by atoms with E-state index >= 15 is 0 Å². The van der Waals surface area contributed by atoms with Gasteiger partial charge in [-0.3, -0.25) is 9.59 Å². The summed E-state index contributed by atoms with van der Waals surface area (Å²) in [7, 11) is 0. The number of nitrogens with zero attached hydrogens (tertiary/aromatic N) is 1. The Morgan fingerprint density at radius 2 is 2.23 bits per heavy atom. The van der Waals surface area contributed by atoms with Crippen LogP contribution < -0.4 is 16.2 Å². The molecular weight excluding hydrogens is 392 g/mol. The standard InChI is InChI=1S/C17H24N4O2S2.ClH/c1-9-10(2)25-17-14(9)16(23)20-13(21-17)8-24-11(3)15(22)19-12-5-4-6-18-7-12;/h11-12,18H,4-8H2,1-3H3,(H,19,22)(H,20,21,23);1H/t11?,12-;/m0./s1. The lowest BCUT2D eigenvalue weighted by Crippen LogP contribution is -2.47. The largest absolute Gasteiger partial charge is 0.351 e. The Labute approximate surface area is 167 Å². The van der Waals surface area contributed by atoms with Gasteiger partial charge in [0.25, 0.3) is 5.56 Å². The lowest BCUT2D eigenvalue weighted by atomic mass is 10.1. The van der Waals surface area contributed by atoms with E-state index in [1.165, 1.54) is 11.8 Å². The van der Waals surface area contributed by atoms with Crippen LogP contribution in [0.15, 0.2) is 4.79 Å². The normalized spacial score (nSPS) is 18.3. The number of amides is 1. The average Bonchev–Trinajstić information content (AvgIpc) is 2.88. The Hall–Kier alpha value is -1.09. The van der Waals surface area contributed by atoms with E-state index in [4.69, 9.17) is 0 Å². The number of hydrogen-bond donors (Lipinski definition) is 3. The summed E-state index contributed by atoms with van der Waals surface area (Å²) in [6.07, 6.45) is 2.12. The molecule has 2 aromatic rings. The van der Waals surface area contributed by atoms with Gasteiger partial charge in [0.05, 0.1) is 16.4 Å². The van der Waals surface area contributed by atoms with Crippen LogP contribution in [0.2, 0.25) is 0 Å². The molecule has 0 spiro atoms. The molecule has 144 valence electrons. The zero-order valence-corrected chi connectivity index (χ0v) is 17.6. The number of aromatic nitrogens is 2. The van der Waals surface area contributed by atoms with Crippen molar-refractivity contribution in [2.75, 3.05) is 13.1 Å². The van der Waals surface area contributed by atoms with Crippen molar-refractivity contribution in [2.45, 2.75) is 50.7 Å². The van der Waals surface area contributed by atoms with Crippen molar-refractivity contribution >= 4 is 51.6 Å². The average molecular weight is 417 g/mol. The molecule has 1 fully saturated rings. The van der Waals surface area contributed by atoms with Crippen molar-refractivity contribution in [3.63, 3.8) is 0 Å². The molecule has 3 N–H and O–H groups in total. The second kappa shape index (κ2) is 9.21. The number of thioether (sulfide) groups is 1. The number of carbonyl (C=O) groups is 1. The van der Waals surface area contributed by atoms with Crippen LogP contribution >= 0.6 is 35.5 Å². The van der Waals surface area contributed by atoms with Gasteiger partial charge in [0, 0.05) is 17.5 Å². The molecule has 9 heteroatoms. The number of aromatic amines is 1. The zero-order valence-electron chi connectivity index (χ0n) is 15.2. The Morgan fingerprint density at radius 3 is 2.92 bits per heavy atom. The topological polar surface area (TPSA) is 86.9 Å². The van der Waals surface area contributed by atoms with Gasteiger partial charge in [-0.25, -0.2) is 4.98 Å². The van der Waals surface area contributed by atoms with Crippen LogP contribution in [-0.2, 0) is 10.5 Å². The first-order chi connectivity index (χ1) is 12.0. The third kappa shape index (κ3) is 4.79. The maximum Gasteiger partial charge on any atom is 0.259 e. The monoisotopic (exact) mass is 416 g/mol. The van der Waals surface area contributed by atoms with Crippen molar-refractivity contribution in [2.24, 2.45) is 0 Å². The SMILES string of the molecule is Cc1sc2nc(CSC(C)C(=O)N[C@H]3CCCNC3)[nH]c(=O)c2c1C.Cl. The molecule has 1 aliphatic rings. The minimum atomic E-state index is -0.185. The highest BCUT2D eigenvalue weighted by atomic mass is 35.5. The van der Waals surface area contributed by atoms with Crippen molar-refractivity contribution in [3.8, 4) is 0 Å². The smallest absolute Gasteiger partial charge is 0.259 e. The maximum atomic E-state index is 12.3. The van der Waals surface area contributed by atoms with E-state index in [-0.39, 0.29) is 35.2 Å². The molecule has 1 aliphatic heterocycles. The molecule has 26 heavy (non-hydrogen) atoms. The predicted molar refractivity (Wildman–Crippen MR) is 112 cm³/mol. The Balaban J connectivity index is 0.00000243. The van der Waals surface area contributed by atoms with E-state index in [0.717, 1.165) is 41.2 Å². The van der Waals surface area contributed by atoms with Crippen LogP contribution in [0.25, 0.3) is 10.2 Å². The Morgan fingerprint density at radius 1 is 1.46 bits per heavy atom. The fraction of sp³-hybridized carbons (Fsp3) is 0.588. The van der Waals surface area contributed by atoms with Gasteiger partial charge in [0.15, 0.2) is 0 Å².